The van der Waals surface area contributed by atoms with E-state index in [1.165, 1.54) is 22.3 Å². The van der Waals surface area contributed by atoms with Crippen molar-refractivity contribution in [3.63, 3.8) is 0 Å². The first-order valence-electron chi connectivity index (χ1n) is 9.37. The third-order valence-corrected chi connectivity index (χ3v) is 5.66. The van der Waals surface area contributed by atoms with Crippen LogP contribution in [0.2, 0.25) is 0 Å². The Balaban J connectivity index is 1.47. The van der Waals surface area contributed by atoms with Crippen LogP contribution in [-0.2, 0) is 4.74 Å². The van der Waals surface area contributed by atoms with Crippen LogP contribution >= 0.6 is 0 Å². The van der Waals surface area contributed by atoms with Crippen molar-refractivity contribution >= 4 is 6.09 Å². The highest BCUT2D eigenvalue weighted by Gasteiger charge is 2.31. The van der Waals surface area contributed by atoms with Gasteiger partial charge in [0.2, 0.25) is 0 Å². The van der Waals surface area contributed by atoms with Crippen LogP contribution in [0.3, 0.4) is 0 Å². The van der Waals surface area contributed by atoms with Gasteiger partial charge in [0.05, 0.1) is 5.60 Å². The maximum absolute atomic E-state index is 12.6. The standard InChI is InChI=1S/C22H25NO3/c1-22(25)11-6-13-23(14-12-22)21(24)26-15-20-18-9-4-2-7-16(18)17-8-3-5-10-19(17)20/h2-5,7-10,20,25H,6,11-15H2,1H3. The third-order valence-electron chi connectivity index (χ3n) is 5.66. The Bertz CT molecular complexity index is 769. The summed E-state index contributed by atoms with van der Waals surface area (Å²) in [6, 6.07) is 16.7. The molecule has 4 rings (SSSR count). The van der Waals surface area contributed by atoms with Gasteiger partial charge in [0, 0.05) is 19.0 Å². The van der Waals surface area contributed by atoms with Crippen molar-refractivity contribution < 1.29 is 14.6 Å². The Labute approximate surface area is 154 Å². The second-order valence-corrected chi connectivity index (χ2v) is 7.64. The first kappa shape index (κ1) is 17.1. The molecule has 4 heteroatoms. The van der Waals surface area contributed by atoms with Gasteiger partial charge in [0.1, 0.15) is 6.61 Å². The lowest BCUT2D eigenvalue weighted by Crippen LogP contribution is -2.34. The molecule has 2 aliphatic rings. The van der Waals surface area contributed by atoms with E-state index in [1.807, 2.05) is 31.2 Å². The molecule has 0 radical (unpaired) electrons. The van der Waals surface area contributed by atoms with Gasteiger partial charge in [0.15, 0.2) is 0 Å². The Hall–Kier alpha value is -2.33. The van der Waals surface area contributed by atoms with Gasteiger partial charge in [-0.3, -0.25) is 0 Å². The molecule has 1 N–H and O–H groups in total. The van der Waals surface area contributed by atoms with E-state index in [2.05, 4.69) is 24.3 Å². The molecule has 1 saturated heterocycles. The Kier molecular flexibility index (Phi) is 4.45. The van der Waals surface area contributed by atoms with Gasteiger partial charge in [-0.05, 0) is 48.4 Å². The van der Waals surface area contributed by atoms with Crippen molar-refractivity contribution in [1.82, 2.24) is 4.90 Å². The quantitative estimate of drug-likeness (QED) is 0.883. The van der Waals surface area contributed by atoms with Crippen LogP contribution in [0, 0.1) is 0 Å². The summed E-state index contributed by atoms with van der Waals surface area (Å²) < 4.78 is 5.71. The lowest BCUT2D eigenvalue weighted by molar-refractivity contribution is 0.0436. The fourth-order valence-corrected chi connectivity index (χ4v) is 4.13. The molecule has 1 fully saturated rings. The number of hydrogen-bond acceptors (Lipinski definition) is 3. The van der Waals surface area contributed by atoms with E-state index in [1.54, 1.807) is 4.90 Å². The van der Waals surface area contributed by atoms with Crippen molar-refractivity contribution in [1.29, 1.82) is 0 Å². The van der Waals surface area contributed by atoms with Crippen molar-refractivity contribution in [2.45, 2.75) is 37.7 Å². The summed E-state index contributed by atoms with van der Waals surface area (Å²) in [6.45, 7) is 3.38. The van der Waals surface area contributed by atoms with Gasteiger partial charge in [-0.2, -0.15) is 0 Å². The number of hydrogen-bond donors (Lipinski definition) is 1. The minimum Gasteiger partial charge on any atom is -0.448 e. The van der Waals surface area contributed by atoms with Crippen LogP contribution in [0.25, 0.3) is 11.1 Å². The maximum Gasteiger partial charge on any atom is 0.409 e. The molecule has 1 aliphatic heterocycles. The minimum absolute atomic E-state index is 0.0847. The van der Waals surface area contributed by atoms with E-state index in [0.717, 1.165) is 12.8 Å². The predicted molar refractivity (Wildman–Crippen MR) is 101 cm³/mol. The molecule has 1 atom stereocenters. The fourth-order valence-electron chi connectivity index (χ4n) is 4.13. The SMILES string of the molecule is CC1(O)CCCN(C(=O)OCC2c3ccccc3-c3ccccc32)CC1. The molecule has 0 aromatic heterocycles. The molecule has 2 aromatic carbocycles. The van der Waals surface area contributed by atoms with E-state index in [9.17, 15) is 9.90 Å². The van der Waals surface area contributed by atoms with Crippen molar-refractivity contribution in [3.8, 4) is 11.1 Å². The van der Waals surface area contributed by atoms with Crippen LogP contribution in [0.5, 0.6) is 0 Å². The van der Waals surface area contributed by atoms with E-state index >= 15 is 0 Å². The Morgan fingerprint density at radius 3 is 2.35 bits per heavy atom. The van der Waals surface area contributed by atoms with Gasteiger partial charge in [0.25, 0.3) is 0 Å². The Morgan fingerprint density at radius 1 is 1.08 bits per heavy atom. The normalized spacial score (nSPS) is 22.5. The molecule has 1 amide bonds. The summed E-state index contributed by atoms with van der Waals surface area (Å²) in [5.41, 5.74) is 4.23. The average Bonchev–Trinajstić information content (AvgIpc) is 2.84. The van der Waals surface area contributed by atoms with Gasteiger partial charge in [-0.15, -0.1) is 0 Å². The summed E-state index contributed by atoms with van der Waals surface area (Å²) in [5.74, 6) is 0.0847. The number of aliphatic hydroxyl groups is 1. The highest BCUT2D eigenvalue weighted by Crippen LogP contribution is 2.44. The second-order valence-electron chi connectivity index (χ2n) is 7.64. The highest BCUT2D eigenvalue weighted by molar-refractivity contribution is 5.79. The molecule has 2 aromatic rings. The average molecular weight is 351 g/mol. The van der Waals surface area contributed by atoms with E-state index in [-0.39, 0.29) is 12.0 Å². The number of benzene rings is 2. The number of amides is 1. The lowest BCUT2D eigenvalue weighted by Gasteiger charge is -2.23. The smallest absolute Gasteiger partial charge is 0.409 e. The van der Waals surface area contributed by atoms with Gasteiger partial charge >= 0.3 is 6.09 Å². The third kappa shape index (κ3) is 3.21. The molecular formula is C22H25NO3. The zero-order chi connectivity index (χ0) is 18.1. The second kappa shape index (κ2) is 6.76. The lowest BCUT2D eigenvalue weighted by atomic mass is 9.98. The summed E-state index contributed by atoms with van der Waals surface area (Å²) in [4.78, 5) is 14.3. The van der Waals surface area contributed by atoms with Crippen LogP contribution < -0.4 is 0 Å². The number of carbonyl (C=O) groups is 1. The summed E-state index contributed by atoms with van der Waals surface area (Å²) in [5, 5.41) is 10.2. The minimum atomic E-state index is -0.682. The highest BCUT2D eigenvalue weighted by atomic mass is 16.6. The molecule has 26 heavy (non-hydrogen) atoms. The van der Waals surface area contributed by atoms with Crippen LogP contribution in [-0.4, -0.2) is 41.4 Å². The Morgan fingerprint density at radius 2 is 1.69 bits per heavy atom. The molecule has 1 unspecified atom stereocenters. The van der Waals surface area contributed by atoms with Gasteiger partial charge in [-0.1, -0.05) is 48.5 Å². The topological polar surface area (TPSA) is 49.8 Å². The fraction of sp³-hybridized carbons (Fsp3) is 0.409. The molecule has 0 bridgehead atoms. The van der Waals surface area contributed by atoms with Crippen molar-refractivity contribution in [2.75, 3.05) is 19.7 Å². The van der Waals surface area contributed by atoms with Gasteiger partial charge in [-0.25, -0.2) is 4.79 Å². The number of carbonyl (C=O) groups excluding carboxylic acids is 1. The summed E-state index contributed by atoms with van der Waals surface area (Å²) in [6.07, 6.45) is 1.85. The molecule has 0 spiro atoms. The van der Waals surface area contributed by atoms with Crippen LogP contribution in [0.4, 0.5) is 4.79 Å². The number of rotatable bonds is 2. The van der Waals surface area contributed by atoms with E-state index in [0.29, 0.717) is 26.1 Å². The van der Waals surface area contributed by atoms with Crippen LogP contribution in [0.15, 0.2) is 48.5 Å². The zero-order valence-electron chi connectivity index (χ0n) is 15.1. The molecule has 136 valence electrons. The maximum atomic E-state index is 12.6. The summed E-state index contributed by atoms with van der Waals surface area (Å²) in [7, 11) is 0. The molecule has 1 heterocycles. The monoisotopic (exact) mass is 351 g/mol. The zero-order valence-corrected chi connectivity index (χ0v) is 15.1. The summed E-state index contributed by atoms with van der Waals surface area (Å²) >= 11 is 0. The number of nitrogens with zero attached hydrogens (tertiary/aromatic N) is 1. The van der Waals surface area contributed by atoms with Gasteiger partial charge < -0.3 is 14.7 Å². The molecule has 0 saturated carbocycles. The number of fused-ring (bicyclic) bond motifs is 3. The van der Waals surface area contributed by atoms with Crippen LogP contribution in [0.1, 0.15) is 43.2 Å². The van der Waals surface area contributed by atoms with Crippen molar-refractivity contribution in [2.24, 2.45) is 0 Å². The first-order valence-corrected chi connectivity index (χ1v) is 9.37. The molecular weight excluding hydrogens is 326 g/mol. The number of likely N-dealkylation sites (tertiary alicyclic amines) is 1. The predicted octanol–water partition coefficient (Wildman–Crippen LogP) is 4.17. The number of ether oxygens (including phenoxy) is 1. The first-order chi connectivity index (χ1) is 12.6. The molecule has 1 aliphatic carbocycles. The molecule has 4 nitrogen and oxygen atoms in total. The van der Waals surface area contributed by atoms with E-state index < -0.39 is 5.60 Å². The van der Waals surface area contributed by atoms with E-state index in [4.69, 9.17) is 4.74 Å². The van der Waals surface area contributed by atoms with Crippen molar-refractivity contribution in [3.05, 3.63) is 59.7 Å². The largest absolute Gasteiger partial charge is 0.448 e.